The number of piperazine rings is 1. The average molecular weight is 345 g/mol. The number of hydrogen-bond donors (Lipinski definition) is 1. The molecule has 1 aromatic rings. The number of rotatable bonds is 3. The first kappa shape index (κ1) is 18.0. The van der Waals surface area contributed by atoms with Crippen molar-refractivity contribution in [1.29, 1.82) is 0 Å². The summed E-state index contributed by atoms with van der Waals surface area (Å²) in [6.45, 7) is 9.64. The lowest BCUT2D eigenvalue weighted by Crippen LogP contribution is -2.45. The zero-order chi connectivity index (χ0) is 17.6. The highest BCUT2D eigenvalue weighted by molar-refractivity contribution is 5.80. The van der Waals surface area contributed by atoms with Crippen molar-refractivity contribution in [2.45, 2.75) is 26.3 Å². The molecule has 0 spiro atoms. The maximum Gasteiger partial charge on any atom is 0.193 e. The van der Waals surface area contributed by atoms with Crippen LogP contribution in [0.1, 0.15) is 25.3 Å². The molecule has 3 heterocycles. The molecule has 3 rings (SSSR count). The van der Waals surface area contributed by atoms with Gasteiger partial charge in [-0.3, -0.25) is 4.99 Å². The monoisotopic (exact) mass is 344 g/mol. The summed E-state index contributed by atoms with van der Waals surface area (Å²) in [5.41, 5.74) is 1.26. The SMILES string of the molecule is CN=C(NCc1ccnc(N2CCN(C)CC2)c1)N1CCC(C)CC1. The number of likely N-dealkylation sites (tertiary alicyclic amines) is 1. The van der Waals surface area contributed by atoms with Gasteiger partial charge in [-0.15, -0.1) is 0 Å². The molecule has 0 unspecified atom stereocenters. The van der Waals surface area contributed by atoms with E-state index >= 15 is 0 Å². The van der Waals surface area contributed by atoms with Crippen molar-refractivity contribution < 1.29 is 0 Å². The van der Waals surface area contributed by atoms with Gasteiger partial charge in [-0.25, -0.2) is 4.98 Å². The molecule has 2 fully saturated rings. The highest BCUT2D eigenvalue weighted by atomic mass is 15.3. The number of piperidine rings is 1. The molecule has 0 bridgehead atoms. The third-order valence-electron chi connectivity index (χ3n) is 5.38. The first-order chi connectivity index (χ1) is 12.2. The first-order valence-corrected chi connectivity index (χ1v) is 9.49. The zero-order valence-corrected chi connectivity index (χ0v) is 15.9. The Bertz CT molecular complexity index is 571. The van der Waals surface area contributed by atoms with Gasteiger partial charge < -0.3 is 20.0 Å². The molecular formula is C19H32N6. The molecule has 1 aromatic heterocycles. The summed E-state index contributed by atoms with van der Waals surface area (Å²) >= 11 is 0. The minimum absolute atomic E-state index is 0.794. The Labute approximate surface area is 151 Å². The van der Waals surface area contributed by atoms with E-state index in [0.717, 1.165) is 63.5 Å². The molecule has 25 heavy (non-hydrogen) atoms. The van der Waals surface area contributed by atoms with Gasteiger partial charge in [-0.05, 0) is 43.5 Å². The summed E-state index contributed by atoms with van der Waals surface area (Å²) in [6, 6.07) is 4.31. The van der Waals surface area contributed by atoms with Crippen LogP contribution in [0.4, 0.5) is 5.82 Å². The smallest absolute Gasteiger partial charge is 0.193 e. The van der Waals surface area contributed by atoms with Crippen LogP contribution in [-0.4, -0.2) is 74.1 Å². The van der Waals surface area contributed by atoms with Crippen LogP contribution in [0.25, 0.3) is 0 Å². The molecule has 138 valence electrons. The number of guanidine groups is 1. The molecule has 2 saturated heterocycles. The van der Waals surface area contributed by atoms with E-state index in [0.29, 0.717) is 0 Å². The van der Waals surface area contributed by atoms with Gasteiger partial charge in [0.2, 0.25) is 0 Å². The van der Waals surface area contributed by atoms with Crippen LogP contribution < -0.4 is 10.2 Å². The van der Waals surface area contributed by atoms with Crippen LogP contribution >= 0.6 is 0 Å². The maximum atomic E-state index is 4.57. The van der Waals surface area contributed by atoms with E-state index in [2.05, 4.69) is 56.1 Å². The Kier molecular flexibility index (Phi) is 6.13. The number of aromatic nitrogens is 1. The number of nitrogens with one attached hydrogen (secondary N) is 1. The molecule has 1 N–H and O–H groups in total. The molecule has 0 radical (unpaired) electrons. The molecule has 0 aliphatic carbocycles. The molecular weight excluding hydrogens is 312 g/mol. The Hall–Kier alpha value is -1.82. The number of likely N-dealkylation sites (N-methyl/N-ethyl adjacent to an activating group) is 1. The summed E-state index contributed by atoms with van der Waals surface area (Å²) in [5.74, 6) is 2.94. The van der Waals surface area contributed by atoms with Crippen molar-refractivity contribution in [3.8, 4) is 0 Å². The number of pyridine rings is 1. The van der Waals surface area contributed by atoms with Gasteiger partial charge in [0.25, 0.3) is 0 Å². The first-order valence-electron chi connectivity index (χ1n) is 9.49. The van der Waals surface area contributed by atoms with Crippen LogP contribution in [0.15, 0.2) is 23.3 Å². The van der Waals surface area contributed by atoms with Crippen LogP contribution in [0.5, 0.6) is 0 Å². The number of hydrogen-bond acceptors (Lipinski definition) is 4. The van der Waals surface area contributed by atoms with Gasteiger partial charge in [0.05, 0.1) is 0 Å². The van der Waals surface area contributed by atoms with Crippen molar-refractivity contribution in [1.82, 2.24) is 20.1 Å². The molecule has 0 atom stereocenters. The highest BCUT2D eigenvalue weighted by Crippen LogP contribution is 2.17. The van der Waals surface area contributed by atoms with Crippen molar-refractivity contribution in [2.24, 2.45) is 10.9 Å². The maximum absolute atomic E-state index is 4.57. The second kappa shape index (κ2) is 8.52. The minimum Gasteiger partial charge on any atom is -0.354 e. The van der Waals surface area contributed by atoms with Gasteiger partial charge in [-0.2, -0.15) is 0 Å². The third-order valence-corrected chi connectivity index (χ3v) is 5.38. The summed E-state index contributed by atoms with van der Waals surface area (Å²) in [6.07, 6.45) is 4.43. The molecule has 6 nitrogen and oxygen atoms in total. The third kappa shape index (κ3) is 4.84. The summed E-state index contributed by atoms with van der Waals surface area (Å²) in [4.78, 5) is 16.2. The number of aliphatic imine (C=N–C) groups is 1. The standard InChI is InChI=1S/C19H32N6/c1-16-5-8-25(9-6-16)19(20-2)22-15-17-4-7-21-18(14-17)24-12-10-23(3)11-13-24/h4,7,14,16H,5-6,8-13,15H2,1-3H3,(H,20,22). The lowest BCUT2D eigenvalue weighted by atomic mass is 10.00. The van der Waals surface area contributed by atoms with E-state index in [-0.39, 0.29) is 0 Å². The van der Waals surface area contributed by atoms with Gasteiger partial charge in [0.1, 0.15) is 5.82 Å². The molecule has 6 heteroatoms. The van der Waals surface area contributed by atoms with Crippen LogP contribution in [0, 0.1) is 5.92 Å². The summed E-state index contributed by atoms with van der Waals surface area (Å²) < 4.78 is 0. The second-order valence-corrected chi connectivity index (χ2v) is 7.38. The fraction of sp³-hybridized carbons (Fsp3) is 0.684. The van der Waals surface area contributed by atoms with Gasteiger partial charge in [0, 0.05) is 59.1 Å². The molecule has 2 aliphatic heterocycles. The van der Waals surface area contributed by atoms with E-state index in [1.165, 1.54) is 18.4 Å². The Morgan fingerprint density at radius 1 is 1.20 bits per heavy atom. The van der Waals surface area contributed by atoms with Crippen LogP contribution in [0.2, 0.25) is 0 Å². The Morgan fingerprint density at radius 3 is 2.60 bits per heavy atom. The van der Waals surface area contributed by atoms with Crippen LogP contribution in [0.3, 0.4) is 0 Å². The fourth-order valence-electron chi connectivity index (χ4n) is 3.51. The minimum atomic E-state index is 0.794. The molecule has 2 aliphatic rings. The summed E-state index contributed by atoms with van der Waals surface area (Å²) in [7, 11) is 4.06. The quantitative estimate of drug-likeness (QED) is 0.667. The lowest BCUT2D eigenvalue weighted by molar-refractivity contribution is 0.273. The van der Waals surface area contributed by atoms with E-state index < -0.39 is 0 Å². The van der Waals surface area contributed by atoms with Gasteiger partial charge in [-0.1, -0.05) is 6.92 Å². The van der Waals surface area contributed by atoms with Crippen molar-refractivity contribution in [3.05, 3.63) is 23.9 Å². The van der Waals surface area contributed by atoms with Crippen LogP contribution in [-0.2, 0) is 6.54 Å². The fourth-order valence-corrected chi connectivity index (χ4v) is 3.51. The zero-order valence-electron chi connectivity index (χ0n) is 15.9. The van der Waals surface area contributed by atoms with E-state index in [1.54, 1.807) is 0 Å². The Morgan fingerprint density at radius 2 is 1.92 bits per heavy atom. The number of anilines is 1. The summed E-state index contributed by atoms with van der Waals surface area (Å²) in [5, 5.41) is 3.53. The number of nitrogens with zero attached hydrogens (tertiary/aromatic N) is 5. The normalized spacial score (nSPS) is 20.8. The predicted molar refractivity (Wildman–Crippen MR) is 104 cm³/mol. The van der Waals surface area contributed by atoms with Crippen molar-refractivity contribution in [2.75, 3.05) is 58.3 Å². The van der Waals surface area contributed by atoms with E-state index in [9.17, 15) is 0 Å². The molecule has 0 saturated carbocycles. The van der Waals surface area contributed by atoms with E-state index in [4.69, 9.17) is 0 Å². The largest absolute Gasteiger partial charge is 0.354 e. The molecule has 0 aromatic carbocycles. The van der Waals surface area contributed by atoms with Gasteiger partial charge >= 0.3 is 0 Å². The lowest BCUT2D eigenvalue weighted by Gasteiger charge is -2.33. The Balaban J connectivity index is 1.56. The average Bonchev–Trinajstić information content (AvgIpc) is 2.64. The van der Waals surface area contributed by atoms with Gasteiger partial charge in [0.15, 0.2) is 5.96 Å². The second-order valence-electron chi connectivity index (χ2n) is 7.38. The topological polar surface area (TPSA) is 47.0 Å². The van der Waals surface area contributed by atoms with Crippen molar-refractivity contribution in [3.63, 3.8) is 0 Å². The molecule has 0 amide bonds. The van der Waals surface area contributed by atoms with E-state index in [1.807, 2.05) is 13.2 Å². The predicted octanol–water partition coefficient (Wildman–Crippen LogP) is 1.64. The van der Waals surface area contributed by atoms with Crippen molar-refractivity contribution >= 4 is 11.8 Å². The highest BCUT2D eigenvalue weighted by Gasteiger charge is 2.19.